The van der Waals surface area contributed by atoms with Gasteiger partial charge in [0.15, 0.2) is 0 Å². The van der Waals surface area contributed by atoms with E-state index in [1.54, 1.807) is 37.5 Å². The molecule has 0 heterocycles. The summed E-state index contributed by atoms with van der Waals surface area (Å²) < 4.78 is 5.01. The minimum atomic E-state index is -1.18. The predicted octanol–water partition coefficient (Wildman–Crippen LogP) is 0.660. The summed E-state index contributed by atoms with van der Waals surface area (Å²) in [6, 6.07) is 5.95. The van der Waals surface area contributed by atoms with Crippen LogP contribution in [-0.2, 0) is 9.59 Å². The van der Waals surface area contributed by atoms with Gasteiger partial charge in [-0.25, -0.2) is 4.79 Å². The maximum Gasteiger partial charge on any atom is 0.326 e. The lowest BCUT2D eigenvalue weighted by Gasteiger charge is -2.11. The maximum atomic E-state index is 11.6. The second-order valence-electron chi connectivity index (χ2n) is 4.02. The number of benzene rings is 1. The molecule has 0 radical (unpaired) electrons. The van der Waals surface area contributed by atoms with E-state index in [1.165, 1.54) is 6.08 Å². The summed E-state index contributed by atoms with van der Waals surface area (Å²) in [5, 5.41) is 19.8. The molecule has 0 aliphatic carbocycles. The number of carbonyl (C=O) groups excluding carboxylic acids is 1. The van der Waals surface area contributed by atoms with Crippen LogP contribution in [0.15, 0.2) is 30.3 Å². The van der Waals surface area contributed by atoms with Gasteiger partial charge in [0.25, 0.3) is 0 Å². The van der Waals surface area contributed by atoms with Crippen molar-refractivity contribution in [2.24, 2.45) is 0 Å². The zero-order chi connectivity index (χ0) is 15.0. The van der Waals surface area contributed by atoms with Crippen molar-refractivity contribution in [1.82, 2.24) is 5.32 Å². The zero-order valence-electron chi connectivity index (χ0n) is 11.1. The SMILES string of the molecule is COc1ccc(/C=C/C(=O)N[C@@H](CCO)C(=O)O)cc1. The molecule has 0 saturated heterocycles. The molecule has 1 rings (SSSR count). The first kappa shape index (κ1) is 15.7. The topological polar surface area (TPSA) is 95.9 Å². The Kier molecular flexibility index (Phi) is 6.25. The second-order valence-corrected chi connectivity index (χ2v) is 4.02. The Bertz CT molecular complexity index is 481. The van der Waals surface area contributed by atoms with E-state index in [9.17, 15) is 9.59 Å². The molecule has 0 saturated carbocycles. The number of rotatable bonds is 7. The third kappa shape index (κ3) is 5.11. The van der Waals surface area contributed by atoms with E-state index in [0.717, 1.165) is 5.56 Å². The first-order valence-corrected chi connectivity index (χ1v) is 6.03. The van der Waals surface area contributed by atoms with Crippen molar-refractivity contribution in [3.8, 4) is 5.75 Å². The van der Waals surface area contributed by atoms with Crippen LogP contribution in [0, 0.1) is 0 Å². The minimum absolute atomic E-state index is 0.0303. The van der Waals surface area contributed by atoms with Gasteiger partial charge in [0.05, 0.1) is 7.11 Å². The molecule has 0 aromatic heterocycles. The van der Waals surface area contributed by atoms with Crippen molar-refractivity contribution in [1.29, 1.82) is 0 Å². The first-order valence-electron chi connectivity index (χ1n) is 6.03. The number of hydrogen-bond donors (Lipinski definition) is 3. The molecule has 0 fully saturated rings. The quantitative estimate of drug-likeness (QED) is 0.637. The van der Waals surface area contributed by atoms with Crippen molar-refractivity contribution < 1.29 is 24.5 Å². The number of aliphatic carboxylic acids is 1. The standard InChI is InChI=1S/C14H17NO5/c1-20-11-5-2-10(3-6-11)4-7-13(17)15-12(8-9-16)14(18)19/h2-7,12,16H,8-9H2,1H3,(H,15,17)(H,18,19)/b7-4+/t12-/m0/s1. The number of carboxylic acid groups (broad SMARTS) is 1. The summed E-state index contributed by atoms with van der Waals surface area (Å²) in [6.45, 7) is -0.306. The van der Waals surface area contributed by atoms with Gasteiger partial charge in [-0.3, -0.25) is 4.79 Å². The summed E-state index contributed by atoms with van der Waals surface area (Å²) in [4.78, 5) is 22.4. The fourth-order valence-electron chi connectivity index (χ4n) is 1.49. The summed E-state index contributed by atoms with van der Waals surface area (Å²) in [6.07, 6.45) is 2.78. The molecule has 1 aromatic rings. The van der Waals surface area contributed by atoms with Crippen LogP contribution >= 0.6 is 0 Å². The van der Waals surface area contributed by atoms with Crippen molar-refractivity contribution in [3.05, 3.63) is 35.9 Å². The van der Waals surface area contributed by atoms with Gasteiger partial charge in [-0.15, -0.1) is 0 Å². The molecule has 0 unspecified atom stereocenters. The van der Waals surface area contributed by atoms with E-state index in [2.05, 4.69) is 5.32 Å². The van der Waals surface area contributed by atoms with E-state index < -0.39 is 17.9 Å². The number of hydrogen-bond acceptors (Lipinski definition) is 4. The van der Waals surface area contributed by atoms with Gasteiger partial charge >= 0.3 is 5.97 Å². The molecule has 1 aromatic carbocycles. The van der Waals surface area contributed by atoms with Crippen LogP contribution in [0.4, 0.5) is 0 Å². The summed E-state index contributed by atoms with van der Waals surface area (Å²) in [5.74, 6) is -0.993. The Morgan fingerprint density at radius 2 is 2.00 bits per heavy atom. The van der Waals surface area contributed by atoms with Crippen molar-refractivity contribution in [3.63, 3.8) is 0 Å². The zero-order valence-corrected chi connectivity index (χ0v) is 11.1. The monoisotopic (exact) mass is 279 g/mol. The first-order chi connectivity index (χ1) is 9.56. The van der Waals surface area contributed by atoms with Crippen molar-refractivity contribution in [2.45, 2.75) is 12.5 Å². The van der Waals surface area contributed by atoms with Gasteiger partial charge in [-0.2, -0.15) is 0 Å². The van der Waals surface area contributed by atoms with Gasteiger partial charge in [-0.1, -0.05) is 12.1 Å². The predicted molar refractivity (Wildman–Crippen MR) is 73.3 cm³/mol. The molecular formula is C14H17NO5. The van der Waals surface area contributed by atoms with E-state index in [0.29, 0.717) is 5.75 Å². The van der Waals surface area contributed by atoms with Crippen LogP contribution < -0.4 is 10.1 Å². The van der Waals surface area contributed by atoms with Gasteiger partial charge in [-0.05, 0) is 23.8 Å². The Morgan fingerprint density at radius 3 is 2.50 bits per heavy atom. The van der Waals surface area contributed by atoms with Crippen molar-refractivity contribution >= 4 is 18.0 Å². The number of amides is 1. The number of carbonyl (C=O) groups is 2. The number of aliphatic hydroxyl groups excluding tert-OH is 1. The van der Waals surface area contributed by atoms with E-state index in [4.69, 9.17) is 14.9 Å². The molecule has 0 aliphatic rings. The summed E-state index contributed by atoms with van der Waals surface area (Å²) in [5.41, 5.74) is 0.787. The molecule has 108 valence electrons. The van der Waals surface area contributed by atoms with Gasteiger partial charge in [0.2, 0.25) is 5.91 Å². The maximum absolute atomic E-state index is 11.6. The highest BCUT2D eigenvalue weighted by molar-refractivity contribution is 5.94. The summed E-state index contributed by atoms with van der Waals surface area (Å²) in [7, 11) is 1.56. The molecule has 6 heteroatoms. The van der Waals surface area contributed by atoms with E-state index in [1.807, 2.05) is 0 Å². The van der Waals surface area contributed by atoms with Crippen LogP contribution in [-0.4, -0.2) is 41.8 Å². The Morgan fingerprint density at radius 1 is 1.35 bits per heavy atom. The van der Waals surface area contributed by atoms with Crippen LogP contribution in [0.5, 0.6) is 5.75 Å². The van der Waals surface area contributed by atoms with Gasteiger partial charge in [0, 0.05) is 19.1 Å². The average molecular weight is 279 g/mol. The molecule has 0 spiro atoms. The fraction of sp³-hybridized carbons (Fsp3) is 0.286. The normalized spacial score (nSPS) is 12.1. The highest BCUT2D eigenvalue weighted by Crippen LogP contribution is 2.12. The molecule has 3 N–H and O–H groups in total. The number of ether oxygens (including phenoxy) is 1. The van der Waals surface area contributed by atoms with Gasteiger partial charge in [0.1, 0.15) is 11.8 Å². The lowest BCUT2D eigenvalue weighted by Crippen LogP contribution is -2.40. The van der Waals surface area contributed by atoms with E-state index >= 15 is 0 Å². The number of methoxy groups -OCH3 is 1. The fourth-order valence-corrected chi connectivity index (χ4v) is 1.49. The molecule has 6 nitrogen and oxygen atoms in total. The Hall–Kier alpha value is -2.34. The van der Waals surface area contributed by atoms with Crippen LogP contribution in [0.3, 0.4) is 0 Å². The molecule has 0 aliphatic heterocycles. The van der Waals surface area contributed by atoms with Gasteiger partial charge < -0.3 is 20.3 Å². The van der Waals surface area contributed by atoms with Crippen molar-refractivity contribution in [2.75, 3.05) is 13.7 Å². The Labute approximate surface area is 116 Å². The number of aliphatic hydroxyl groups is 1. The number of carboxylic acids is 1. The lowest BCUT2D eigenvalue weighted by atomic mass is 10.2. The molecule has 0 bridgehead atoms. The molecule has 1 amide bonds. The van der Waals surface area contributed by atoms with E-state index in [-0.39, 0.29) is 13.0 Å². The number of nitrogens with one attached hydrogen (secondary N) is 1. The highest BCUT2D eigenvalue weighted by Gasteiger charge is 2.17. The average Bonchev–Trinajstić information content (AvgIpc) is 2.45. The van der Waals surface area contributed by atoms with Crippen LogP contribution in [0.2, 0.25) is 0 Å². The summed E-state index contributed by atoms with van der Waals surface area (Å²) >= 11 is 0. The van der Waals surface area contributed by atoms with Crippen LogP contribution in [0.1, 0.15) is 12.0 Å². The third-order valence-electron chi connectivity index (χ3n) is 2.58. The van der Waals surface area contributed by atoms with Crippen LogP contribution in [0.25, 0.3) is 6.08 Å². The minimum Gasteiger partial charge on any atom is -0.497 e. The smallest absolute Gasteiger partial charge is 0.326 e. The molecular weight excluding hydrogens is 262 g/mol. The molecule has 1 atom stereocenters. The largest absolute Gasteiger partial charge is 0.497 e. The highest BCUT2D eigenvalue weighted by atomic mass is 16.5. The lowest BCUT2D eigenvalue weighted by molar-refractivity contribution is -0.141. The molecule has 20 heavy (non-hydrogen) atoms. The second kappa shape index (κ2) is 7.96. The third-order valence-corrected chi connectivity index (χ3v) is 2.58. The Balaban J connectivity index is 2.59.